The van der Waals surface area contributed by atoms with Crippen LogP contribution in [-0.2, 0) is 40.5 Å². The predicted molar refractivity (Wildman–Crippen MR) is 394 cm³/mol. The van der Waals surface area contributed by atoms with E-state index < -0.39 is 88.1 Å². The molecule has 10 nitrogen and oxygen atoms in total. The molecule has 17 bridgehead atoms. The number of hydrogen-bond donors (Lipinski definition) is 8. The first-order valence-corrected chi connectivity index (χ1v) is 41.7. The summed E-state index contributed by atoms with van der Waals surface area (Å²) in [5.41, 5.74) is 12.0. The standard InChI is InChI=1S/C90H91NO9S2/c1-100-72-38-57(49(42-92)33-70(72)96)56-35-71(97)75-53-21-28-85-24-10-14-66-54(17-15-46(56)29-45-11-3-2-4-12-45)80(81(75)98)89-64-39-69(95)68(94)37-61(64)62-40-74(89)88-44-86(62)25-9-13-50(86)34-63(88)58-36-67(93)48-30-47-31-60(53)78(85)79-52(47)18-16-51-41-84(22-5-6-23-84)87(26-7-8-27-87)90(51,79)65(83(85)99)43-101-102-73-20-19-55(82(89)91-66)77(88)76(73)59(58)32-48/h2-4,11-12,16,18-21,28,31-34,37-39,46,50-51,53-56,58,62,65-67,73-75,77,80-83,91-96,98-99H,5-9,13-14,22-23,25-27,29-30,35-36,40-44H2,1H3/t46-,50-,51-,53-,54-,55+,56-,58+,62-,65-,66+,67-,73-,74-,75-,77-,80+,81+,82-,83+,85+,86-,88-,89-,90+/m1/s1. The molecule has 0 amide bonds. The molecule has 0 radical (unpaired) electrons. The molecular weight excluding hydrogens is 1300 g/mol. The number of carbonyl (C=O) groups excluding carboxylic acids is 1. The summed E-state index contributed by atoms with van der Waals surface area (Å²) in [4.78, 5) is 18.2. The van der Waals surface area contributed by atoms with Gasteiger partial charge in [-0.25, -0.2) is 0 Å². The summed E-state index contributed by atoms with van der Waals surface area (Å²) in [6.07, 6.45) is 34.4. The van der Waals surface area contributed by atoms with Crippen LogP contribution in [0, 0.1) is 110 Å². The number of allylic oxidation sites excluding steroid dienone is 6. The van der Waals surface area contributed by atoms with E-state index in [2.05, 4.69) is 119 Å². The number of carbonyl (C=O) groups is 1. The summed E-state index contributed by atoms with van der Waals surface area (Å²) < 4.78 is 5.96. The van der Waals surface area contributed by atoms with Gasteiger partial charge in [0.15, 0.2) is 23.0 Å². The number of nitrogens with one attached hydrogen (secondary N) is 1. The van der Waals surface area contributed by atoms with Crippen molar-refractivity contribution in [2.45, 2.75) is 198 Å². The minimum atomic E-state index is -1.37. The van der Waals surface area contributed by atoms with Gasteiger partial charge >= 0.3 is 0 Å². The molecule has 4 aromatic rings. The molecular formula is C90H91NO9S2. The van der Waals surface area contributed by atoms with Crippen LogP contribution < -0.4 is 10.1 Å². The summed E-state index contributed by atoms with van der Waals surface area (Å²) in [5, 5.41) is 97.8. The van der Waals surface area contributed by atoms with Gasteiger partial charge in [0, 0.05) is 94.3 Å². The molecule has 7 fully saturated rings. The number of Topliss-reactive ketones (excluding diaryl/α,β-unsaturated/α-hetero) is 1. The molecule has 8 N–H and O–H groups in total. The Balaban J connectivity index is 0.905. The second kappa shape index (κ2) is 20.9. The van der Waals surface area contributed by atoms with E-state index in [1.54, 1.807) is 6.07 Å². The van der Waals surface area contributed by atoms with Gasteiger partial charge in [0.25, 0.3) is 0 Å². The van der Waals surface area contributed by atoms with Crippen molar-refractivity contribution in [2.24, 2.45) is 86.8 Å². The molecule has 6 saturated carbocycles. The number of hydrogen-bond acceptors (Lipinski definition) is 12. The fourth-order valence-corrected chi connectivity index (χ4v) is 33.9. The summed E-state index contributed by atoms with van der Waals surface area (Å²) in [6.45, 7) is -0.407. The van der Waals surface area contributed by atoms with Crippen LogP contribution in [0.3, 0.4) is 0 Å². The monoisotopic (exact) mass is 1390 g/mol. The van der Waals surface area contributed by atoms with Crippen molar-refractivity contribution >= 4 is 33.4 Å². The second-order valence-electron chi connectivity index (χ2n) is 36.1. The topological polar surface area (TPSA) is 180 Å². The van der Waals surface area contributed by atoms with E-state index in [1.165, 1.54) is 60.6 Å². The highest BCUT2D eigenvalue weighted by molar-refractivity contribution is 8.77. The van der Waals surface area contributed by atoms with Crippen molar-refractivity contribution in [3.8, 4) is 46.7 Å². The number of benzene rings is 4. The maximum atomic E-state index is 18.2. The zero-order chi connectivity index (χ0) is 68.3. The number of aliphatic hydroxyl groups excluding tert-OH is 4. The molecule has 0 unspecified atom stereocenters. The van der Waals surface area contributed by atoms with E-state index in [-0.39, 0.29) is 110 Å². The van der Waals surface area contributed by atoms with Crippen LogP contribution in [0.1, 0.15) is 183 Å². The molecule has 25 atom stereocenters. The lowest BCUT2D eigenvalue weighted by Crippen LogP contribution is -2.81. The third-order valence-corrected chi connectivity index (χ3v) is 36.3. The quantitative estimate of drug-likeness (QED) is 0.0411. The molecule has 19 aliphatic rings. The lowest BCUT2D eigenvalue weighted by atomic mass is 9.25. The van der Waals surface area contributed by atoms with Gasteiger partial charge in [-0.15, -0.1) is 5.92 Å². The summed E-state index contributed by atoms with van der Waals surface area (Å²) in [6, 6.07) is 19.3. The SMILES string of the molecule is COc1cc([C@@H]2CC(=O)[C@@H]3[C@H](O)[C@@H]4[C@H](C#C[C@@H]2Cc2ccccc2)[C@@H]2CC#C[C@]56C=C[C@@H]3c3cc7c8c(c35)[C@]3([C@H](C=C8)CC5(CCCC5)C35CCCC5)[C@H](CSS[C@@H]3C=C[C@@H]5[C@@H](N2)[C@@]42c4cc(O)c(O)cc4[C@H]4C[C@@H]2[C@@]28C[C@@]49CCC[C@@H]9C=C2[C@H]2C[C@@H](O)C(=CC2=C3[C@@H]58)C7)[C@@H]6O)c(CO)cc1O. The van der Waals surface area contributed by atoms with Gasteiger partial charge in [-0.3, -0.25) is 4.79 Å². The van der Waals surface area contributed by atoms with Crippen LogP contribution in [-0.4, -0.2) is 90.0 Å². The third-order valence-electron chi connectivity index (χ3n) is 33.6. The van der Waals surface area contributed by atoms with Crippen LogP contribution >= 0.6 is 21.6 Å². The van der Waals surface area contributed by atoms with E-state index in [9.17, 15) is 25.5 Å². The van der Waals surface area contributed by atoms with Crippen molar-refractivity contribution in [2.75, 3.05) is 12.9 Å². The normalized spacial score (nSPS) is 44.8. The molecule has 2 heterocycles. The van der Waals surface area contributed by atoms with E-state index in [4.69, 9.17) is 4.74 Å². The van der Waals surface area contributed by atoms with Gasteiger partial charge in [-0.05, 0) is 220 Å². The number of aromatic hydroxyl groups is 3. The maximum absolute atomic E-state index is 18.2. The summed E-state index contributed by atoms with van der Waals surface area (Å²) in [5.74, 6) is 12.5. The van der Waals surface area contributed by atoms with Gasteiger partial charge in [0.05, 0.1) is 43.2 Å². The Hall–Kier alpha value is -6.19. The number of rotatable bonds is 5. The number of ketones is 1. The van der Waals surface area contributed by atoms with Crippen molar-refractivity contribution in [1.29, 1.82) is 0 Å². The molecule has 2 aliphatic heterocycles. The first kappa shape index (κ1) is 62.1. The fourth-order valence-electron chi connectivity index (χ4n) is 30.9. The average Bonchev–Trinajstić information content (AvgIpc) is 0.835. The molecule has 17 aliphatic carbocycles. The van der Waals surface area contributed by atoms with Gasteiger partial charge in [-0.1, -0.05) is 162 Å². The number of phenols is 3. The van der Waals surface area contributed by atoms with Gasteiger partial charge in [0.1, 0.15) is 11.2 Å². The minimum Gasteiger partial charge on any atom is -0.504 e. The average molecular weight is 1390 g/mol. The molecule has 522 valence electrons. The molecule has 7 spiro atoms. The van der Waals surface area contributed by atoms with Crippen molar-refractivity contribution in [3.05, 3.63) is 181 Å². The van der Waals surface area contributed by atoms with E-state index >= 15 is 15.0 Å². The zero-order valence-corrected chi connectivity index (χ0v) is 59.7. The van der Waals surface area contributed by atoms with Crippen LogP contribution in [0.2, 0.25) is 0 Å². The van der Waals surface area contributed by atoms with Crippen molar-refractivity contribution < 1.29 is 45.3 Å². The highest BCUT2D eigenvalue weighted by Gasteiger charge is 2.83. The first-order chi connectivity index (χ1) is 49.7. The first-order valence-electron chi connectivity index (χ1n) is 39.3. The van der Waals surface area contributed by atoms with Crippen LogP contribution in [0.15, 0.2) is 125 Å². The zero-order valence-electron chi connectivity index (χ0n) is 58.1. The van der Waals surface area contributed by atoms with Gasteiger partial charge in [-0.2, -0.15) is 0 Å². The molecule has 1 saturated heterocycles. The Morgan fingerprint density at radius 2 is 1.67 bits per heavy atom. The minimum absolute atomic E-state index is 0.00903. The maximum Gasteiger partial charge on any atom is 0.160 e. The highest BCUT2D eigenvalue weighted by Crippen LogP contribution is 2.87. The van der Waals surface area contributed by atoms with Gasteiger partial charge in [0.2, 0.25) is 0 Å². The van der Waals surface area contributed by atoms with Gasteiger partial charge < -0.3 is 45.8 Å². The number of phenolic OH excluding ortho intramolecular Hbond substituents is 3. The van der Waals surface area contributed by atoms with E-state index in [1.807, 2.05) is 35.1 Å². The largest absolute Gasteiger partial charge is 0.504 e. The molecule has 4 aromatic carbocycles. The van der Waals surface area contributed by atoms with Crippen molar-refractivity contribution in [1.82, 2.24) is 5.32 Å². The lowest BCUT2D eigenvalue weighted by Gasteiger charge is -2.79. The number of methoxy groups -OCH3 is 1. The fraction of sp³-hybridized carbons (Fsp3) is 0.544. The van der Waals surface area contributed by atoms with Crippen LogP contribution in [0.4, 0.5) is 0 Å². The molecule has 23 rings (SSSR count). The number of piperidine rings is 1. The number of fused-ring (bicyclic) bond motifs is 7. The predicted octanol–water partition coefficient (Wildman–Crippen LogP) is 14.1. The number of ether oxygens (including phenoxy) is 1. The summed E-state index contributed by atoms with van der Waals surface area (Å²) in [7, 11) is 5.61. The Bertz CT molecular complexity index is 4790. The molecule has 0 aromatic heterocycles. The van der Waals surface area contributed by atoms with E-state index in [0.29, 0.717) is 36.8 Å². The summed E-state index contributed by atoms with van der Waals surface area (Å²) >= 11 is 0. The highest BCUT2D eigenvalue weighted by atomic mass is 33.1. The third kappa shape index (κ3) is 7.08. The van der Waals surface area contributed by atoms with Crippen molar-refractivity contribution in [3.63, 3.8) is 0 Å². The smallest absolute Gasteiger partial charge is 0.160 e. The second-order valence-corrected chi connectivity index (χ2v) is 38.7. The van der Waals surface area contributed by atoms with Crippen LogP contribution in [0.25, 0.3) is 6.08 Å². The molecule has 12 heteroatoms. The molecule has 102 heavy (non-hydrogen) atoms. The number of aliphatic hydroxyl groups is 4. The lowest BCUT2D eigenvalue weighted by molar-refractivity contribution is -0.200. The Labute approximate surface area is 605 Å². The Morgan fingerprint density at radius 1 is 0.833 bits per heavy atom. The van der Waals surface area contributed by atoms with Crippen LogP contribution in [0.5, 0.6) is 23.0 Å². The van der Waals surface area contributed by atoms with E-state index in [0.717, 1.165) is 109 Å². The Morgan fingerprint density at radius 3 is 2.50 bits per heavy atom. The Kier molecular flexibility index (Phi) is 12.7.